The average molecular weight is 364 g/mol. The van der Waals surface area contributed by atoms with Crippen molar-refractivity contribution in [2.75, 3.05) is 0 Å². The summed E-state index contributed by atoms with van der Waals surface area (Å²) < 4.78 is 0. The minimum absolute atomic E-state index is 0. The van der Waals surface area contributed by atoms with Gasteiger partial charge in [-0.1, -0.05) is 84.9 Å². The minimum Gasteiger partial charge on any atom is -1.00 e. The Kier molecular flexibility index (Phi) is 6.27. The van der Waals surface area contributed by atoms with Crippen molar-refractivity contribution in [1.82, 2.24) is 0 Å². The molecule has 0 saturated heterocycles. The molecule has 4 aromatic rings. The van der Waals surface area contributed by atoms with Crippen LogP contribution in [0.2, 0.25) is 0 Å². The normalized spacial score (nSPS) is 10.8. The molecule has 0 aliphatic carbocycles. The quantitative estimate of drug-likeness (QED) is 0.353. The van der Waals surface area contributed by atoms with Crippen LogP contribution >= 0.6 is 7.26 Å². The molecule has 0 aromatic heterocycles. The van der Waals surface area contributed by atoms with Crippen LogP contribution in [0.25, 0.3) is 0 Å². The van der Waals surface area contributed by atoms with E-state index < -0.39 is 7.26 Å². The van der Waals surface area contributed by atoms with Crippen LogP contribution in [0.4, 0.5) is 0 Å². The van der Waals surface area contributed by atoms with Crippen LogP contribution in [0, 0.1) is 0 Å². The summed E-state index contributed by atoms with van der Waals surface area (Å²) in [5.74, 6) is 0. The molecule has 4 rings (SSSR count). The number of hydrogen-bond donors (Lipinski definition) is 0. The van der Waals surface area contributed by atoms with Crippen molar-refractivity contribution in [3.8, 4) is 0 Å². The maximum atomic E-state index is 2.30. The molecule has 0 aliphatic rings. The molecule has 4 aromatic carbocycles. The predicted octanol–water partition coefficient (Wildman–Crippen LogP) is 4.80. The third-order valence-electron chi connectivity index (χ3n) is 4.85. The monoisotopic (exact) mass is 364 g/mol. The molecule has 0 N–H and O–H groups in total. The molecule has 4 radical (unpaired) electrons. The summed E-state index contributed by atoms with van der Waals surface area (Å²) in [7, 11) is -1.78. The summed E-state index contributed by atoms with van der Waals surface area (Å²) in [4.78, 5) is 0. The molecule has 0 aliphatic heterocycles. The summed E-state index contributed by atoms with van der Waals surface area (Å²) in [5, 5.41) is 4.30. The van der Waals surface area contributed by atoms with Crippen molar-refractivity contribution in [2.24, 2.45) is 0 Å². The zero-order valence-corrected chi connectivity index (χ0v) is 16.2. The van der Waals surface area contributed by atoms with Gasteiger partial charge >= 0.3 is 0 Å². The van der Waals surface area contributed by atoms with Crippen molar-refractivity contribution >= 4 is 31.6 Å². The van der Waals surface area contributed by atoms with E-state index in [-0.39, 0.29) is 8.41 Å². The summed E-state index contributed by atoms with van der Waals surface area (Å²) in [6.07, 6.45) is 1.03. The van der Waals surface area contributed by atoms with Crippen LogP contribution in [0.3, 0.4) is 0 Å². The summed E-state index contributed by atoms with van der Waals surface area (Å²) in [5.41, 5.74) is 1.39. The lowest BCUT2D eigenvalue weighted by Gasteiger charge is -2.27. The smallest absolute Gasteiger partial charge is 0.116 e. The Labute approximate surface area is 164 Å². The van der Waals surface area contributed by atoms with Gasteiger partial charge in [0.25, 0.3) is 0 Å². The van der Waals surface area contributed by atoms with Gasteiger partial charge in [0, 0.05) is 0 Å². The van der Waals surface area contributed by atoms with Gasteiger partial charge in [0.15, 0.2) is 0 Å². The highest BCUT2D eigenvalue weighted by molar-refractivity contribution is 7.95. The first-order valence-electron chi connectivity index (χ1n) is 8.98. The van der Waals surface area contributed by atoms with Gasteiger partial charge in [-0.3, -0.25) is 0 Å². The molecule has 27 heavy (non-hydrogen) atoms. The highest BCUT2D eigenvalue weighted by Crippen LogP contribution is 2.58. The van der Waals surface area contributed by atoms with Crippen LogP contribution in [-0.4, -0.2) is 8.41 Å². The Morgan fingerprint density at radius 2 is 0.704 bits per heavy atom. The average Bonchev–Trinajstić information content (AvgIpc) is 2.75. The van der Waals surface area contributed by atoms with Crippen molar-refractivity contribution in [3.63, 3.8) is 0 Å². The van der Waals surface area contributed by atoms with Crippen LogP contribution in [-0.2, 0) is 6.16 Å². The molecule has 0 atom stereocenters. The fraction of sp³-hybridized carbons (Fsp3) is 0.0400. The second-order valence-electron chi connectivity index (χ2n) is 6.46. The number of rotatable bonds is 5. The second-order valence-corrected chi connectivity index (χ2v) is 9.95. The zero-order chi connectivity index (χ0) is 17.7. The minimum atomic E-state index is -1.78. The molecule has 0 unspecified atom stereocenters. The molecule has 0 amide bonds. The predicted molar refractivity (Wildman–Crippen MR) is 121 cm³/mol. The highest BCUT2D eigenvalue weighted by atomic mass is 31.2. The van der Waals surface area contributed by atoms with Gasteiger partial charge in [0.05, 0.1) is 6.16 Å². The van der Waals surface area contributed by atoms with Crippen LogP contribution in [0.1, 0.15) is 5.56 Å². The van der Waals surface area contributed by atoms with Crippen LogP contribution in [0.15, 0.2) is 121 Å². The standard InChI is InChI=1S/C25H22P.B/c1-5-13-22(14-6-1)21-26(23-15-7-2-8-16-23,24-17-9-3-10-18-24)25-19-11-4-12-20-25;/h1-20H,21H2;/q+1;-1. The lowest BCUT2D eigenvalue weighted by atomic mass is 10.2. The van der Waals surface area contributed by atoms with E-state index >= 15 is 0 Å². The Morgan fingerprint density at radius 1 is 0.407 bits per heavy atom. The van der Waals surface area contributed by atoms with Gasteiger partial charge in [0.1, 0.15) is 23.2 Å². The van der Waals surface area contributed by atoms with E-state index in [0.717, 1.165) is 6.16 Å². The van der Waals surface area contributed by atoms with E-state index in [0.29, 0.717) is 0 Å². The van der Waals surface area contributed by atoms with Gasteiger partial charge in [-0.15, -0.1) is 0 Å². The van der Waals surface area contributed by atoms with Crippen LogP contribution in [0.5, 0.6) is 0 Å². The molecule has 0 spiro atoms. The Hall–Kier alpha value is -2.63. The van der Waals surface area contributed by atoms with Gasteiger partial charge in [-0.05, 0) is 42.0 Å². The summed E-state index contributed by atoms with van der Waals surface area (Å²) in [6.45, 7) is 0. The zero-order valence-electron chi connectivity index (χ0n) is 15.3. The van der Waals surface area contributed by atoms with E-state index in [9.17, 15) is 0 Å². The number of hydrogen-bond acceptors (Lipinski definition) is 0. The first kappa shape index (κ1) is 19.1. The molecule has 0 bridgehead atoms. The Balaban J connectivity index is 0.00000210. The molecular formula is C25H22BP. The highest BCUT2D eigenvalue weighted by Gasteiger charge is 2.45. The van der Waals surface area contributed by atoms with E-state index in [2.05, 4.69) is 121 Å². The third-order valence-corrected chi connectivity index (χ3v) is 9.23. The first-order chi connectivity index (χ1) is 12.9. The molecule has 2 heteroatoms. The summed E-state index contributed by atoms with van der Waals surface area (Å²) in [6, 6.07) is 44.0. The van der Waals surface area contributed by atoms with E-state index in [1.165, 1.54) is 21.5 Å². The summed E-state index contributed by atoms with van der Waals surface area (Å²) >= 11 is 0. The fourth-order valence-corrected chi connectivity index (χ4v) is 7.87. The Morgan fingerprint density at radius 3 is 1.04 bits per heavy atom. The molecule has 0 heterocycles. The topological polar surface area (TPSA) is 0 Å². The van der Waals surface area contributed by atoms with E-state index in [1.54, 1.807) is 0 Å². The maximum Gasteiger partial charge on any atom is 0.116 e. The lowest BCUT2D eigenvalue weighted by molar-refractivity contribution is 1.39. The maximum absolute atomic E-state index is 2.30. The van der Waals surface area contributed by atoms with Gasteiger partial charge < -0.3 is 8.41 Å². The van der Waals surface area contributed by atoms with Crippen molar-refractivity contribution in [2.45, 2.75) is 6.16 Å². The Bertz CT molecular complexity index is 842. The molecule has 0 nitrogen and oxygen atoms in total. The van der Waals surface area contributed by atoms with Gasteiger partial charge in [-0.2, -0.15) is 0 Å². The van der Waals surface area contributed by atoms with Gasteiger partial charge in [0.2, 0.25) is 0 Å². The largest absolute Gasteiger partial charge is 1.00 e. The lowest BCUT2D eigenvalue weighted by Crippen LogP contribution is -2.32. The van der Waals surface area contributed by atoms with E-state index in [1.807, 2.05) is 0 Å². The third kappa shape index (κ3) is 3.89. The molecule has 130 valence electrons. The molecule has 0 saturated carbocycles. The molecule has 0 fully saturated rings. The SMILES string of the molecule is [B-].c1ccc(C[P+](c2ccccc2)(c2ccccc2)c2ccccc2)cc1. The fourth-order valence-electron chi connectivity index (χ4n) is 3.63. The van der Waals surface area contributed by atoms with Crippen LogP contribution < -0.4 is 15.9 Å². The molecular weight excluding hydrogens is 342 g/mol. The first-order valence-corrected chi connectivity index (χ1v) is 11.0. The van der Waals surface area contributed by atoms with Crippen molar-refractivity contribution < 1.29 is 0 Å². The second kappa shape index (κ2) is 8.84. The van der Waals surface area contributed by atoms with Gasteiger partial charge in [-0.25, -0.2) is 0 Å². The number of benzene rings is 4. The van der Waals surface area contributed by atoms with Crippen molar-refractivity contribution in [1.29, 1.82) is 0 Å². The van der Waals surface area contributed by atoms with Crippen molar-refractivity contribution in [3.05, 3.63) is 127 Å². The van der Waals surface area contributed by atoms with E-state index in [4.69, 9.17) is 0 Å².